The molecule has 0 aliphatic rings. The molecule has 1 aromatic carbocycles. The fraction of sp³-hybridized carbons (Fsp3) is 0.625. The first kappa shape index (κ1) is 16.0. The van der Waals surface area contributed by atoms with Crippen molar-refractivity contribution < 1.29 is 5.11 Å². The third-order valence-electron chi connectivity index (χ3n) is 3.25. The number of hydrogen-bond acceptors (Lipinski definition) is 3. The Morgan fingerprint density at radius 2 is 1.68 bits per heavy atom. The maximum atomic E-state index is 10.2. The molecule has 0 atom stereocenters. The lowest BCUT2D eigenvalue weighted by Crippen LogP contribution is -2.35. The molecule has 1 aromatic rings. The largest absolute Gasteiger partial charge is 0.507 e. The van der Waals surface area contributed by atoms with E-state index < -0.39 is 0 Å². The predicted molar refractivity (Wildman–Crippen MR) is 80.2 cm³/mol. The van der Waals surface area contributed by atoms with Gasteiger partial charge in [-0.15, -0.1) is 0 Å². The maximum Gasteiger partial charge on any atom is 0.124 e. The Balaban J connectivity index is 2.72. The highest BCUT2D eigenvalue weighted by Crippen LogP contribution is 2.25. The van der Waals surface area contributed by atoms with Crippen LogP contribution in [-0.2, 0) is 0 Å². The van der Waals surface area contributed by atoms with Gasteiger partial charge in [-0.05, 0) is 56.6 Å². The van der Waals surface area contributed by atoms with Crippen LogP contribution in [0.5, 0.6) is 5.75 Å². The van der Waals surface area contributed by atoms with Gasteiger partial charge >= 0.3 is 0 Å². The molecule has 0 heterocycles. The Kier molecular flexibility index (Phi) is 7.53. The van der Waals surface area contributed by atoms with Gasteiger partial charge < -0.3 is 5.11 Å². The SMILES string of the molecule is CCCCNC(NCCCC)c1c[c]cc(C)c1O. The average Bonchev–Trinajstić information content (AvgIpc) is 2.41. The molecule has 0 saturated heterocycles. The van der Waals surface area contributed by atoms with Crippen molar-refractivity contribution in [1.29, 1.82) is 0 Å². The molecule has 0 aliphatic carbocycles. The maximum absolute atomic E-state index is 10.2. The number of benzene rings is 1. The third-order valence-corrected chi connectivity index (χ3v) is 3.25. The van der Waals surface area contributed by atoms with E-state index in [-0.39, 0.29) is 6.17 Å². The van der Waals surface area contributed by atoms with Gasteiger partial charge in [-0.3, -0.25) is 10.6 Å². The number of unbranched alkanes of at least 4 members (excludes halogenated alkanes) is 2. The zero-order chi connectivity index (χ0) is 14.1. The fourth-order valence-electron chi connectivity index (χ4n) is 1.98. The number of hydrogen-bond donors (Lipinski definition) is 3. The van der Waals surface area contributed by atoms with Crippen LogP contribution in [0.4, 0.5) is 0 Å². The summed E-state index contributed by atoms with van der Waals surface area (Å²) < 4.78 is 0. The predicted octanol–water partition coefficient (Wildman–Crippen LogP) is 3.28. The average molecular weight is 263 g/mol. The van der Waals surface area contributed by atoms with E-state index in [0.717, 1.165) is 37.1 Å². The molecule has 0 bridgehead atoms. The number of phenols is 1. The Morgan fingerprint density at radius 3 is 2.21 bits per heavy atom. The summed E-state index contributed by atoms with van der Waals surface area (Å²) in [5.41, 5.74) is 1.77. The van der Waals surface area contributed by atoms with Crippen LogP contribution < -0.4 is 10.6 Å². The smallest absolute Gasteiger partial charge is 0.124 e. The minimum absolute atomic E-state index is 0.00856. The summed E-state index contributed by atoms with van der Waals surface area (Å²) in [4.78, 5) is 0. The van der Waals surface area contributed by atoms with Gasteiger partial charge in [0.2, 0.25) is 0 Å². The normalized spacial score (nSPS) is 11.2. The van der Waals surface area contributed by atoms with Gasteiger partial charge in [-0.2, -0.15) is 0 Å². The minimum atomic E-state index is 0.00856. The Morgan fingerprint density at radius 1 is 1.11 bits per heavy atom. The van der Waals surface area contributed by atoms with Crippen LogP contribution in [0.2, 0.25) is 0 Å². The summed E-state index contributed by atoms with van der Waals surface area (Å²) in [6.45, 7) is 8.17. The molecule has 0 fully saturated rings. The highest BCUT2D eigenvalue weighted by Gasteiger charge is 2.14. The van der Waals surface area contributed by atoms with Crippen molar-refractivity contribution in [2.75, 3.05) is 13.1 Å². The van der Waals surface area contributed by atoms with Gasteiger partial charge in [0.25, 0.3) is 0 Å². The molecule has 0 aromatic heterocycles. The van der Waals surface area contributed by atoms with E-state index in [4.69, 9.17) is 0 Å². The molecule has 1 radical (unpaired) electrons. The summed E-state index contributed by atoms with van der Waals surface area (Å²) in [6, 6.07) is 6.77. The molecule has 0 unspecified atom stereocenters. The van der Waals surface area contributed by atoms with Gasteiger partial charge in [0.05, 0.1) is 6.17 Å². The summed E-state index contributed by atoms with van der Waals surface area (Å²) >= 11 is 0. The summed E-state index contributed by atoms with van der Waals surface area (Å²) in [6.07, 6.45) is 4.63. The Bertz CT molecular complexity index is 356. The van der Waals surface area contributed by atoms with Crippen LogP contribution in [0.1, 0.15) is 56.8 Å². The second-order valence-electron chi connectivity index (χ2n) is 4.99. The second kappa shape index (κ2) is 8.94. The van der Waals surface area contributed by atoms with Crippen LogP contribution in [0.25, 0.3) is 0 Å². The molecular weight excluding hydrogens is 236 g/mol. The molecule has 107 valence electrons. The molecule has 3 heteroatoms. The highest BCUT2D eigenvalue weighted by atomic mass is 16.3. The lowest BCUT2D eigenvalue weighted by molar-refractivity contribution is 0.399. The number of nitrogens with one attached hydrogen (secondary N) is 2. The topological polar surface area (TPSA) is 44.3 Å². The van der Waals surface area contributed by atoms with Crippen molar-refractivity contribution in [2.24, 2.45) is 0 Å². The zero-order valence-corrected chi connectivity index (χ0v) is 12.4. The van der Waals surface area contributed by atoms with E-state index in [1.807, 2.05) is 19.1 Å². The zero-order valence-electron chi connectivity index (χ0n) is 12.4. The van der Waals surface area contributed by atoms with Crippen molar-refractivity contribution in [1.82, 2.24) is 10.6 Å². The first-order valence-corrected chi connectivity index (χ1v) is 7.37. The molecular formula is C16H27N2O. The first-order chi connectivity index (χ1) is 9.20. The monoisotopic (exact) mass is 263 g/mol. The van der Waals surface area contributed by atoms with Crippen molar-refractivity contribution in [3.05, 3.63) is 29.3 Å². The molecule has 1 rings (SSSR count). The van der Waals surface area contributed by atoms with Crippen molar-refractivity contribution in [3.8, 4) is 5.75 Å². The lowest BCUT2D eigenvalue weighted by atomic mass is 10.1. The number of aromatic hydroxyl groups is 1. The quantitative estimate of drug-likeness (QED) is 0.473. The molecule has 0 aliphatic heterocycles. The molecule has 19 heavy (non-hydrogen) atoms. The van der Waals surface area contributed by atoms with Crippen LogP contribution >= 0.6 is 0 Å². The third kappa shape index (κ3) is 5.21. The standard InChI is InChI=1S/C16H27N2O/c1-4-6-11-17-16(18-12-7-5-2)14-10-8-9-13(3)15(14)19/h9-10,16-19H,4-7,11-12H2,1-3H3. The van der Waals surface area contributed by atoms with Crippen molar-refractivity contribution >= 4 is 0 Å². The fourth-order valence-corrected chi connectivity index (χ4v) is 1.98. The van der Waals surface area contributed by atoms with Gasteiger partial charge in [-0.25, -0.2) is 0 Å². The van der Waals surface area contributed by atoms with Gasteiger partial charge in [0.15, 0.2) is 0 Å². The van der Waals surface area contributed by atoms with E-state index in [1.165, 1.54) is 12.8 Å². The molecule has 0 spiro atoms. The summed E-state index contributed by atoms with van der Waals surface area (Å²) in [7, 11) is 0. The molecule has 0 saturated carbocycles. The van der Waals surface area contributed by atoms with Gasteiger partial charge in [-0.1, -0.05) is 26.7 Å². The van der Waals surface area contributed by atoms with Gasteiger partial charge in [0.1, 0.15) is 5.75 Å². The van der Waals surface area contributed by atoms with Crippen molar-refractivity contribution in [2.45, 2.75) is 52.6 Å². The minimum Gasteiger partial charge on any atom is -0.507 e. The highest BCUT2D eigenvalue weighted by molar-refractivity contribution is 5.40. The van der Waals surface area contributed by atoms with Crippen molar-refractivity contribution in [3.63, 3.8) is 0 Å². The van der Waals surface area contributed by atoms with Crippen LogP contribution in [0.3, 0.4) is 0 Å². The second-order valence-corrected chi connectivity index (χ2v) is 4.99. The first-order valence-electron chi connectivity index (χ1n) is 7.37. The van der Waals surface area contributed by atoms with E-state index in [1.54, 1.807) is 0 Å². The number of aryl methyl sites for hydroxylation is 1. The Hall–Kier alpha value is -1.06. The summed E-state index contributed by atoms with van der Waals surface area (Å²) in [5.74, 6) is 0.372. The van der Waals surface area contributed by atoms with E-state index >= 15 is 0 Å². The van der Waals surface area contributed by atoms with Crippen LogP contribution in [0, 0.1) is 13.0 Å². The number of rotatable bonds is 9. The number of phenolic OH excluding ortho intramolecular Hbond substituents is 1. The van der Waals surface area contributed by atoms with E-state index in [2.05, 4.69) is 30.5 Å². The molecule has 3 N–H and O–H groups in total. The van der Waals surface area contributed by atoms with E-state index in [9.17, 15) is 5.11 Å². The molecule has 0 amide bonds. The lowest BCUT2D eigenvalue weighted by Gasteiger charge is -2.22. The van der Waals surface area contributed by atoms with Crippen LogP contribution in [0.15, 0.2) is 12.1 Å². The summed E-state index contributed by atoms with van der Waals surface area (Å²) in [5, 5.41) is 17.1. The molecule has 3 nitrogen and oxygen atoms in total. The van der Waals surface area contributed by atoms with E-state index in [0.29, 0.717) is 5.75 Å². The van der Waals surface area contributed by atoms with Gasteiger partial charge in [0, 0.05) is 5.56 Å². The van der Waals surface area contributed by atoms with Crippen LogP contribution in [-0.4, -0.2) is 18.2 Å². The Labute approximate surface area is 117 Å².